The van der Waals surface area contributed by atoms with E-state index in [4.69, 9.17) is 33.7 Å². The van der Waals surface area contributed by atoms with Gasteiger partial charge in [-0.15, -0.1) is 0 Å². The molecule has 0 atom stereocenters. The molecular formula is C17H16Cl2N6O3. The van der Waals surface area contributed by atoms with Crippen molar-refractivity contribution >= 4 is 40.7 Å². The number of benzene rings is 1. The van der Waals surface area contributed by atoms with E-state index < -0.39 is 11.8 Å². The molecule has 1 aromatic carbocycles. The molecule has 0 saturated carbocycles. The number of nitrogens with zero attached hydrogens (tertiary/aromatic N) is 4. The SMILES string of the molecule is CCn1cc(NC(=O)c2ccn(COc3c(Cl)cccc3Cl)n2)c(C(N)=O)n1. The van der Waals surface area contributed by atoms with Crippen LogP contribution in [0.15, 0.2) is 36.7 Å². The van der Waals surface area contributed by atoms with E-state index in [1.807, 2.05) is 6.92 Å². The molecule has 0 unspecified atom stereocenters. The molecule has 0 aliphatic rings. The molecule has 2 amide bonds. The van der Waals surface area contributed by atoms with Gasteiger partial charge in [0.2, 0.25) is 0 Å². The summed E-state index contributed by atoms with van der Waals surface area (Å²) in [7, 11) is 0. The number of halogens is 2. The molecule has 2 aromatic heterocycles. The van der Waals surface area contributed by atoms with E-state index in [-0.39, 0.29) is 23.8 Å². The Morgan fingerprint density at radius 2 is 1.89 bits per heavy atom. The second-order valence-corrected chi connectivity index (χ2v) is 6.44. The normalized spacial score (nSPS) is 10.7. The van der Waals surface area contributed by atoms with E-state index in [9.17, 15) is 9.59 Å². The van der Waals surface area contributed by atoms with Crippen molar-refractivity contribution in [3.05, 3.63) is 58.1 Å². The number of carbonyl (C=O) groups excluding carboxylic acids is 2. The summed E-state index contributed by atoms with van der Waals surface area (Å²) in [6.45, 7) is 2.36. The standard InChI is InChI=1S/C17H16Cl2N6O3/c1-2-24-8-13(14(23-24)16(20)26)21-17(27)12-6-7-25(22-12)9-28-15-10(18)4-3-5-11(15)19/h3-8H,2,9H2,1H3,(H2,20,26)(H,21,27). The molecule has 2 heterocycles. The van der Waals surface area contributed by atoms with Crippen LogP contribution >= 0.6 is 23.2 Å². The second kappa shape index (κ2) is 8.32. The van der Waals surface area contributed by atoms with Gasteiger partial charge < -0.3 is 15.8 Å². The highest BCUT2D eigenvalue weighted by Crippen LogP contribution is 2.32. The van der Waals surface area contributed by atoms with E-state index in [2.05, 4.69) is 15.5 Å². The number of amides is 2. The number of nitrogens with two attached hydrogens (primary N) is 1. The van der Waals surface area contributed by atoms with Crippen LogP contribution in [0.25, 0.3) is 0 Å². The number of hydrogen-bond acceptors (Lipinski definition) is 5. The fourth-order valence-electron chi connectivity index (χ4n) is 2.35. The van der Waals surface area contributed by atoms with Crippen LogP contribution < -0.4 is 15.8 Å². The van der Waals surface area contributed by atoms with Crippen LogP contribution in [0.5, 0.6) is 5.75 Å². The highest BCUT2D eigenvalue weighted by atomic mass is 35.5. The third-order valence-corrected chi connectivity index (χ3v) is 4.30. The average molecular weight is 423 g/mol. The second-order valence-electron chi connectivity index (χ2n) is 5.63. The molecule has 0 aliphatic carbocycles. The third kappa shape index (κ3) is 4.26. The van der Waals surface area contributed by atoms with Gasteiger partial charge in [-0.2, -0.15) is 10.2 Å². The largest absolute Gasteiger partial charge is 0.468 e. The molecule has 0 radical (unpaired) electrons. The van der Waals surface area contributed by atoms with Gasteiger partial charge in [-0.05, 0) is 25.1 Å². The molecule has 146 valence electrons. The minimum Gasteiger partial charge on any atom is -0.468 e. The number of aromatic nitrogens is 4. The molecule has 3 N–H and O–H groups in total. The summed E-state index contributed by atoms with van der Waals surface area (Å²) in [4.78, 5) is 23.9. The fraction of sp³-hybridized carbons (Fsp3) is 0.176. The van der Waals surface area contributed by atoms with Gasteiger partial charge in [-0.25, -0.2) is 4.68 Å². The van der Waals surface area contributed by atoms with Crippen molar-refractivity contribution in [2.75, 3.05) is 5.32 Å². The average Bonchev–Trinajstić information content (AvgIpc) is 3.28. The summed E-state index contributed by atoms with van der Waals surface area (Å²) >= 11 is 12.1. The highest BCUT2D eigenvalue weighted by Gasteiger charge is 2.18. The first kappa shape index (κ1) is 19.7. The molecule has 0 bridgehead atoms. The number of para-hydroxylation sites is 1. The summed E-state index contributed by atoms with van der Waals surface area (Å²) in [6.07, 6.45) is 3.08. The number of carbonyl (C=O) groups is 2. The Morgan fingerprint density at radius 3 is 2.54 bits per heavy atom. The monoisotopic (exact) mass is 422 g/mol. The van der Waals surface area contributed by atoms with Crippen LogP contribution in [0.3, 0.4) is 0 Å². The summed E-state index contributed by atoms with van der Waals surface area (Å²) in [5.74, 6) is -0.934. The van der Waals surface area contributed by atoms with Crippen molar-refractivity contribution in [3.63, 3.8) is 0 Å². The van der Waals surface area contributed by atoms with Crippen molar-refractivity contribution in [2.24, 2.45) is 5.73 Å². The Kier molecular flexibility index (Phi) is 5.86. The lowest BCUT2D eigenvalue weighted by Crippen LogP contribution is -2.18. The fourth-order valence-corrected chi connectivity index (χ4v) is 2.86. The quantitative estimate of drug-likeness (QED) is 0.606. The molecule has 0 saturated heterocycles. The molecular weight excluding hydrogens is 407 g/mol. The number of ether oxygens (including phenoxy) is 1. The van der Waals surface area contributed by atoms with Gasteiger partial charge in [0.25, 0.3) is 11.8 Å². The van der Waals surface area contributed by atoms with Crippen molar-refractivity contribution in [2.45, 2.75) is 20.2 Å². The van der Waals surface area contributed by atoms with Gasteiger partial charge >= 0.3 is 0 Å². The van der Waals surface area contributed by atoms with E-state index in [1.54, 1.807) is 24.4 Å². The Hall–Kier alpha value is -3.04. The number of hydrogen-bond donors (Lipinski definition) is 2. The Labute approximate surface area is 170 Å². The maximum atomic E-state index is 12.4. The molecule has 11 heteroatoms. The van der Waals surface area contributed by atoms with Crippen LogP contribution in [0.2, 0.25) is 10.0 Å². The predicted octanol–water partition coefficient (Wildman–Crippen LogP) is 2.79. The van der Waals surface area contributed by atoms with Crippen molar-refractivity contribution in [3.8, 4) is 5.75 Å². The van der Waals surface area contributed by atoms with Crippen LogP contribution in [0, 0.1) is 0 Å². The van der Waals surface area contributed by atoms with Crippen LogP contribution in [0.1, 0.15) is 27.9 Å². The maximum absolute atomic E-state index is 12.4. The molecule has 0 aliphatic heterocycles. The zero-order valence-corrected chi connectivity index (χ0v) is 16.2. The lowest BCUT2D eigenvalue weighted by atomic mass is 10.3. The summed E-state index contributed by atoms with van der Waals surface area (Å²) in [5.41, 5.74) is 5.61. The van der Waals surface area contributed by atoms with Gasteiger partial charge in [0.1, 0.15) is 0 Å². The highest BCUT2D eigenvalue weighted by molar-refractivity contribution is 6.37. The van der Waals surface area contributed by atoms with E-state index >= 15 is 0 Å². The summed E-state index contributed by atoms with van der Waals surface area (Å²) < 4.78 is 8.46. The number of anilines is 1. The lowest BCUT2D eigenvalue weighted by Gasteiger charge is -2.09. The van der Waals surface area contributed by atoms with Crippen LogP contribution in [-0.4, -0.2) is 31.4 Å². The van der Waals surface area contributed by atoms with Crippen LogP contribution in [0.4, 0.5) is 5.69 Å². The topological polar surface area (TPSA) is 117 Å². The van der Waals surface area contributed by atoms with E-state index in [0.717, 1.165) is 0 Å². The smallest absolute Gasteiger partial charge is 0.276 e. The van der Waals surface area contributed by atoms with E-state index in [0.29, 0.717) is 22.3 Å². The number of rotatable bonds is 7. The molecule has 9 nitrogen and oxygen atoms in total. The molecule has 0 spiro atoms. The summed E-state index contributed by atoms with van der Waals surface area (Å²) in [5, 5.41) is 11.5. The van der Waals surface area contributed by atoms with Crippen LogP contribution in [-0.2, 0) is 13.3 Å². The number of primary amides is 1. The van der Waals surface area contributed by atoms with Crippen molar-refractivity contribution in [1.29, 1.82) is 0 Å². The molecule has 28 heavy (non-hydrogen) atoms. The van der Waals surface area contributed by atoms with Gasteiger partial charge in [0.05, 0.1) is 15.7 Å². The third-order valence-electron chi connectivity index (χ3n) is 3.70. The van der Waals surface area contributed by atoms with Crippen molar-refractivity contribution in [1.82, 2.24) is 19.6 Å². The number of aryl methyl sites for hydroxylation is 1. The van der Waals surface area contributed by atoms with Gasteiger partial charge in [0.15, 0.2) is 23.9 Å². The molecule has 3 rings (SSSR count). The Bertz CT molecular complexity index is 1010. The van der Waals surface area contributed by atoms with Gasteiger partial charge in [-0.3, -0.25) is 14.3 Å². The molecule has 0 fully saturated rings. The zero-order valence-electron chi connectivity index (χ0n) is 14.7. The predicted molar refractivity (Wildman–Crippen MR) is 104 cm³/mol. The lowest BCUT2D eigenvalue weighted by molar-refractivity contribution is 0.0995. The number of nitrogens with one attached hydrogen (secondary N) is 1. The minimum atomic E-state index is -0.738. The van der Waals surface area contributed by atoms with E-state index in [1.165, 1.54) is 21.6 Å². The maximum Gasteiger partial charge on any atom is 0.276 e. The Balaban J connectivity index is 1.69. The summed E-state index contributed by atoms with van der Waals surface area (Å²) in [6, 6.07) is 6.50. The first-order chi connectivity index (χ1) is 13.4. The minimum absolute atomic E-state index is 0.00294. The van der Waals surface area contributed by atoms with Gasteiger partial charge in [0, 0.05) is 18.9 Å². The zero-order chi connectivity index (χ0) is 20.3. The first-order valence-corrected chi connectivity index (χ1v) is 8.93. The Morgan fingerprint density at radius 1 is 1.18 bits per heavy atom. The first-order valence-electron chi connectivity index (χ1n) is 8.18. The van der Waals surface area contributed by atoms with Gasteiger partial charge in [-0.1, -0.05) is 29.3 Å². The van der Waals surface area contributed by atoms with Crippen molar-refractivity contribution < 1.29 is 14.3 Å². The molecule has 3 aromatic rings.